The molecule has 18 heavy (non-hydrogen) atoms. The molecule has 0 radical (unpaired) electrons. The van der Waals surface area contributed by atoms with E-state index >= 15 is 0 Å². The predicted octanol–water partition coefficient (Wildman–Crippen LogP) is 4.54. The highest BCUT2D eigenvalue weighted by Gasteiger charge is 2.12. The highest BCUT2D eigenvalue weighted by Crippen LogP contribution is 2.28. The number of ether oxygens (including phenoxy) is 1. The van der Waals surface area contributed by atoms with E-state index < -0.39 is 0 Å². The third kappa shape index (κ3) is 4.29. The molecule has 1 N–H and O–H groups in total. The van der Waals surface area contributed by atoms with E-state index in [1.165, 1.54) is 5.56 Å². The van der Waals surface area contributed by atoms with E-state index in [-0.39, 0.29) is 6.10 Å². The van der Waals surface area contributed by atoms with Crippen LogP contribution in [-0.2, 0) is 0 Å². The van der Waals surface area contributed by atoms with Gasteiger partial charge in [-0.2, -0.15) is 0 Å². The lowest BCUT2D eigenvalue weighted by Crippen LogP contribution is -2.19. The normalized spacial score (nSPS) is 14.6. The first-order valence-electron chi connectivity index (χ1n) is 6.65. The van der Waals surface area contributed by atoms with Crippen molar-refractivity contribution in [2.24, 2.45) is 5.92 Å². The number of hydrogen-bond donors (Lipinski definition) is 1. The lowest BCUT2D eigenvalue weighted by atomic mass is 10.1. The zero-order valence-electron chi connectivity index (χ0n) is 12.0. The summed E-state index contributed by atoms with van der Waals surface area (Å²) < 4.78 is 7.00. The average Bonchev–Trinajstić information content (AvgIpc) is 2.29. The Bertz CT molecular complexity index is 379. The van der Waals surface area contributed by atoms with Gasteiger partial charge < -0.3 is 10.1 Å². The molecule has 0 spiro atoms. The quantitative estimate of drug-likeness (QED) is 0.832. The molecule has 0 aliphatic carbocycles. The maximum absolute atomic E-state index is 5.90. The minimum atomic E-state index is 0.231. The molecule has 0 aliphatic rings. The first-order valence-corrected chi connectivity index (χ1v) is 7.44. The summed E-state index contributed by atoms with van der Waals surface area (Å²) in [5.41, 5.74) is 1.27. The zero-order chi connectivity index (χ0) is 13.7. The van der Waals surface area contributed by atoms with Crippen molar-refractivity contribution in [2.75, 3.05) is 6.54 Å². The fourth-order valence-corrected chi connectivity index (χ4v) is 2.40. The van der Waals surface area contributed by atoms with Crippen molar-refractivity contribution in [3.8, 4) is 5.75 Å². The second kappa shape index (κ2) is 7.15. The van der Waals surface area contributed by atoms with E-state index in [0.29, 0.717) is 12.0 Å². The van der Waals surface area contributed by atoms with Gasteiger partial charge in [-0.15, -0.1) is 0 Å². The minimum Gasteiger partial charge on any atom is -0.490 e. The van der Waals surface area contributed by atoms with Gasteiger partial charge in [-0.25, -0.2) is 0 Å². The molecule has 3 heteroatoms. The summed E-state index contributed by atoms with van der Waals surface area (Å²) in [5, 5.41) is 3.41. The van der Waals surface area contributed by atoms with Crippen LogP contribution in [0.4, 0.5) is 0 Å². The molecule has 0 saturated carbocycles. The summed E-state index contributed by atoms with van der Waals surface area (Å²) in [5.74, 6) is 1.44. The van der Waals surface area contributed by atoms with Crippen molar-refractivity contribution < 1.29 is 4.74 Å². The first-order chi connectivity index (χ1) is 8.45. The Labute approximate surface area is 119 Å². The fraction of sp³-hybridized carbons (Fsp3) is 0.600. The van der Waals surface area contributed by atoms with Gasteiger partial charge in [-0.05, 0) is 44.0 Å². The standard InChI is InChI=1S/C15H24BrNO/c1-6-17-11(4)14-8-7-13(9-15(14)16)18-12(5)10(2)3/h7-12,17H,6H2,1-5H3. The van der Waals surface area contributed by atoms with E-state index in [0.717, 1.165) is 16.8 Å². The van der Waals surface area contributed by atoms with Crippen LogP contribution in [0, 0.1) is 5.92 Å². The van der Waals surface area contributed by atoms with Gasteiger partial charge >= 0.3 is 0 Å². The van der Waals surface area contributed by atoms with Crippen LogP contribution in [0.25, 0.3) is 0 Å². The number of benzene rings is 1. The van der Waals surface area contributed by atoms with Crippen LogP contribution < -0.4 is 10.1 Å². The maximum Gasteiger partial charge on any atom is 0.120 e. The molecule has 1 aromatic rings. The highest BCUT2D eigenvalue weighted by atomic mass is 79.9. The molecule has 0 bridgehead atoms. The minimum absolute atomic E-state index is 0.231. The van der Waals surface area contributed by atoms with E-state index in [4.69, 9.17) is 4.74 Å². The molecule has 1 rings (SSSR count). The lowest BCUT2D eigenvalue weighted by molar-refractivity contribution is 0.170. The van der Waals surface area contributed by atoms with Gasteiger partial charge in [0, 0.05) is 10.5 Å². The molecule has 0 aliphatic heterocycles. The highest BCUT2D eigenvalue weighted by molar-refractivity contribution is 9.10. The van der Waals surface area contributed by atoms with Gasteiger partial charge in [0.1, 0.15) is 5.75 Å². The molecule has 102 valence electrons. The Morgan fingerprint density at radius 2 is 1.89 bits per heavy atom. The molecule has 0 fully saturated rings. The van der Waals surface area contributed by atoms with Crippen LogP contribution in [0.1, 0.15) is 46.2 Å². The SMILES string of the molecule is CCNC(C)c1ccc(OC(C)C(C)C)cc1Br. The Balaban J connectivity index is 2.79. The van der Waals surface area contributed by atoms with Gasteiger partial charge in [-0.3, -0.25) is 0 Å². The third-order valence-electron chi connectivity index (χ3n) is 3.21. The van der Waals surface area contributed by atoms with Crippen LogP contribution in [-0.4, -0.2) is 12.6 Å². The lowest BCUT2D eigenvalue weighted by Gasteiger charge is -2.20. The molecular weight excluding hydrogens is 290 g/mol. The molecule has 0 saturated heterocycles. The number of halogens is 1. The molecule has 0 aromatic heterocycles. The summed E-state index contributed by atoms with van der Waals surface area (Å²) in [6.45, 7) is 11.7. The topological polar surface area (TPSA) is 21.3 Å². The molecule has 2 atom stereocenters. The maximum atomic E-state index is 5.90. The second-order valence-electron chi connectivity index (χ2n) is 5.03. The van der Waals surface area contributed by atoms with E-state index in [1.807, 2.05) is 6.07 Å². The fourth-order valence-electron chi connectivity index (χ4n) is 1.70. The smallest absolute Gasteiger partial charge is 0.120 e. The zero-order valence-corrected chi connectivity index (χ0v) is 13.5. The third-order valence-corrected chi connectivity index (χ3v) is 3.90. The second-order valence-corrected chi connectivity index (χ2v) is 5.88. The van der Waals surface area contributed by atoms with Gasteiger partial charge in [0.15, 0.2) is 0 Å². The summed E-state index contributed by atoms with van der Waals surface area (Å²) in [6.07, 6.45) is 0.231. The average molecular weight is 314 g/mol. The first kappa shape index (κ1) is 15.5. The van der Waals surface area contributed by atoms with Gasteiger partial charge in [0.2, 0.25) is 0 Å². The number of nitrogens with one attached hydrogen (secondary N) is 1. The van der Waals surface area contributed by atoms with Crippen LogP contribution in [0.3, 0.4) is 0 Å². The predicted molar refractivity (Wildman–Crippen MR) is 81.2 cm³/mol. The van der Waals surface area contributed by atoms with Crippen LogP contribution in [0.15, 0.2) is 22.7 Å². The molecule has 0 heterocycles. The van der Waals surface area contributed by atoms with E-state index in [1.54, 1.807) is 0 Å². The molecule has 2 unspecified atom stereocenters. The van der Waals surface area contributed by atoms with Crippen molar-refractivity contribution in [2.45, 2.75) is 46.8 Å². The Kier molecular flexibility index (Phi) is 6.16. The van der Waals surface area contributed by atoms with Gasteiger partial charge in [-0.1, -0.05) is 42.8 Å². The van der Waals surface area contributed by atoms with Crippen LogP contribution >= 0.6 is 15.9 Å². The van der Waals surface area contributed by atoms with E-state index in [9.17, 15) is 0 Å². The Morgan fingerprint density at radius 3 is 2.39 bits per heavy atom. The van der Waals surface area contributed by atoms with Crippen molar-refractivity contribution in [1.82, 2.24) is 5.32 Å². The molecular formula is C15H24BrNO. The van der Waals surface area contributed by atoms with Crippen molar-refractivity contribution in [1.29, 1.82) is 0 Å². The summed E-state index contributed by atoms with van der Waals surface area (Å²) >= 11 is 3.62. The molecule has 1 aromatic carbocycles. The van der Waals surface area contributed by atoms with Crippen molar-refractivity contribution in [3.63, 3.8) is 0 Å². The summed E-state index contributed by atoms with van der Waals surface area (Å²) in [6, 6.07) is 6.58. The number of hydrogen-bond acceptors (Lipinski definition) is 2. The summed E-state index contributed by atoms with van der Waals surface area (Å²) in [4.78, 5) is 0. The number of rotatable bonds is 6. The summed E-state index contributed by atoms with van der Waals surface area (Å²) in [7, 11) is 0. The van der Waals surface area contributed by atoms with E-state index in [2.05, 4.69) is 68.0 Å². The van der Waals surface area contributed by atoms with Crippen LogP contribution in [0.2, 0.25) is 0 Å². The van der Waals surface area contributed by atoms with Gasteiger partial charge in [0.05, 0.1) is 6.10 Å². The Hall–Kier alpha value is -0.540. The van der Waals surface area contributed by atoms with Crippen LogP contribution in [0.5, 0.6) is 5.75 Å². The molecule has 2 nitrogen and oxygen atoms in total. The van der Waals surface area contributed by atoms with Crippen molar-refractivity contribution >= 4 is 15.9 Å². The largest absolute Gasteiger partial charge is 0.490 e. The monoisotopic (exact) mass is 313 g/mol. The van der Waals surface area contributed by atoms with Crippen molar-refractivity contribution in [3.05, 3.63) is 28.2 Å². The Morgan fingerprint density at radius 1 is 1.22 bits per heavy atom. The van der Waals surface area contributed by atoms with Gasteiger partial charge in [0.25, 0.3) is 0 Å². The molecule has 0 amide bonds.